The van der Waals surface area contributed by atoms with Crippen LogP contribution in [0.1, 0.15) is 5.56 Å². The van der Waals surface area contributed by atoms with Crippen molar-refractivity contribution in [3.63, 3.8) is 0 Å². The molecule has 0 saturated heterocycles. The summed E-state index contributed by atoms with van der Waals surface area (Å²) in [5, 5.41) is 5.17. The van der Waals surface area contributed by atoms with Gasteiger partial charge in [-0.15, -0.1) is 0 Å². The lowest BCUT2D eigenvalue weighted by molar-refractivity contribution is 0.837. The molecule has 2 heterocycles. The maximum absolute atomic E-state index is 4.40. The molecule has 0 amide bonds. The van der Waals surface area contributed by atoms with E-state index in [0.717, 1.165) is 27.8 Å². The molecule has 0 fully saturated rings. The number of nitrogens with zero attached hydrogens (tertiary/aromatic N) is 3. The summed E-state index contributed by atoms with van der Waals surface area (Å²) in [6, 6.07) is 14.2. The van der Waals surface area contributed by atoms with Crippen LogP contribution in [0.3, 0.4) is 0 Å². The molecule has 0 aliphatic heterocycles. The fourth-order valence-electron chi connectivity index (χ4n) is 1.96. The summed E-state index contributed by atoms with van der Waals surface area (Å²) in [5.74, 6) is 0.863. The standard InChI is InChI=1S/C15H12BrN3/c16-9-13-7-4-8-17-15(13)19-11-14(10-18-19)12-5-2-1-3-6-12/h1-8,10-11H,9H2. The van der Waals surface area contributed by atoms with E-state index in [0.29, 0.717) is 0 Å². The molecule has 19 heavy (non-hydrogen) atoms. The quantitative estimate of drug-likeness (QED) is 0.688. The van der Waals surface area contributed by atoms with Gasteiger partial charge in [0, 0.05) is 28.9 Å². The van der Waals surface area contributed by atoms with E-state index in [-0.39, 0.29) is 0 Å². The monoisotopic (exact) mass is 313 g/mol. The number of rotatable bonds is 3. The molecular weight excluding hydrogens is 302 g/mol. The largest absolute Gasteiger partial charge is 0.237 e. The Morgan fingerprint density at radius 2 is 1.84 bits per heavy atom. The van der Waals surface area contributed by atoms with Crippen LogP contribution in [-0.4, -0.2) is 14.8 Å². The Balaban J connectivity index is 2.02. The van der Waals surface area contributed by atoms with Crippen molar-refractivity contribution in [1.29, 1.82) is 0 Å². The van der Waals surface area contributed by atoms with Gasteiger partial charge >= 0.3 is 0 Å². The summed E-state index contributed by atoms with van der Waals surface area (Å²) in [6.45, 7) is 0. The van der Waals surface area contributed by atoms with Crippen LogP contribution in [0.2, 0.25) is 0 Å². The lowest BCUT2D eigenvalue weighted by Crippen LogP contribution is -2.01. The lowest BCUT2D eigenvalue weighted by atomic mass is 10.1. The second-order valence-electron chi connectivity index (χ2n) is 4.16. The van der Waals surface area contributed by atoms with Crippen molar-refractivity contribution in [3.05, 3.63) is 66.6 Å². The number of alkyl halides is 1. The Morgan fingerprint density at radius 3 is 2.63 bits per heavy atom. The van der Waals surface area contributed by atoms with E-state index < -0.39 is 0 Å². The Labute approximate surface area is 120 Å². The van der Waals surface area contributed by atoms with Crippen molar-refractivity contribution >= 4 is 15.9 Å². The molecule has 0 unspecified atom stereocenters. The highest BCUT2D eigenvalue weighted by Crippen LogP contribution is 2.20. The van der Waals surface area contributed by atoms with E-state index in [2.05, 4.69) is 38.1 Å². The second-order valence-corrected chi connectivity index (χ2v) is 4.72. The van der Waals surface area contributed by atoms with Crippen LogP contribution in [0, 0.1) is 0 Å². The van der Waals surface area contributed by atoms with Crippen LogP contribution < -0.4 is 0 Å². The van der Waals surface area contributed by atoms with Gasteiger partial charge < -0.3 is 0 Å². The minimum atomic E-state index is 0.761. The van der Waals surface area contributed by atoms with Gasteiger partial charge in [-0.3, -0.25) is 0 Å². The van der Waals surface area contributed by atoms with Crippen LogP contribution in [0.15, 0.2) is 61.1 Å². The molecule has 0 atom stereocenters. The zero-order chi connectivity index (χ0) is 13.1. The highest BCUT2D eigenvalue weighted by atomic mass is 79.9. The molecule has 1 aromatic carbocycles. The molecule has 0 aliphatic carbocycles. The molecule has 2 aromatic heterocycles. The average molecular weight is 314 g/mol. The normalized spacial score (nSPS) is 10.6. The molecule has 94 valence electrons. The summed E-state index contributed by atoms with van der Waals surface area (Å²) in [6.07, 6.45) is 5.65. The Kier molecular flexibility index (Phi) is 3.42. The number of benzene rings is 1. The zero-order valence-electron chi connectivity index (χ0n) is 10.2. The van der Waals surface area contributed by atoms with Gasteiger partial charge in [-0.2, -0.15) is 5.10 Å². The topological polar surface area (TPSA) is 30.7 Å². The van der Waals surface area contributed by atoms with Gasteiger partial charge in [-0.05, 0) is 11.6 Å². The summed E-state index contributed by atoms with van der Waals surface area (Å²) < 4.78 is 1.82. The van der Waals surface area contributed by atoms with Crippen LogP contribution >= 0.6 is 15.9 Å². The maximum atomic E-state index is 4.40. The molecule has 0 aliphatic rings. The number of pyridine rings is 1. The maximum Gasteiger partial charge on any atom is 0.157 e. The van der Waals surface area contributed by atoms with Gasteiger partial charge in [0.2, 0.25) is 0 Å². The van der Waals surface area contributed by atoms with E-state index in [9.17, 15) is 0 Å². The molecule has 3 aromatic rings. The number of halogens is 1. The van der Waals surface area contributed by atoms with Gasteiger partial charge in [0.1, 0.15) is 0 Å². The predicted molar refractivity (Wildman–Crippen MR) is 79.4 cm³/mol. The fraction of sp³-hybridized carbons (Fsp3) is 0.0667. The van der Waals surface area contributed by atoms with Crippen molar-refractivity contribution in [3.8, 4) is 16.9 Å². The molecule has 0 spiro atoms. The molecular formula is C15H12BrN3. The second kappa shape index (κ2) is 5.36. The first-order valence-corrected chi connectivity index (χ1v) is 7.11. The summed E-state index contributed by atoms with van der Waals surface area (Å²) in [4.78, 5) is 4.40. The van der Waals surface area contributed by atoms with Crippen molar-refractivity contribution in [1.82, 2.24) is 14.8 Å². The van der Waals surface area contributed by atoms with Crippen LogP contribution in [0.4, 0.5) is 0 Å². The van der Waals surface area contributed by atoms with Crippen LogP contribution in [0.25, 0.3) is 16.9 Å². The van der Waals surface area contributed by atoms with E-state index in [1.807, 2.05) is 47.4 Å². The van der Waals surface area contributed by atoms with Crippen molar-refractivity contribution < 1.29 is 0 Å². The van der Waals surface area contributed by atoms with Crippen LogP contribution in [-0.2, 0) is 5.33 Å². The highest BCUT2D eigenvalue weighted by Gasteiger charge is 2.07. The first-order valence-electron chi connectivity index (χ1n) is 5.99. The first kappa shape index (κ1) is 12.1. The van der Waals surface area contributed by atoms with Crippen molar-refractivity contribution in [2.45, 2.75) is 5.33 Å². The third kappa shape index (κ3) is 2.44. The summed E-state index contributed by atoms with van der Waals surface area (Å²) in [7, 11) is 0. The minimum Gasteiger partial charge on any atom is -0.237 e. The van der Waals surface area contributed by atoms with Gasteiger partial charge in [0.15, 0.2) is 5.82 Å². The predicted octanol–water partition coefficient (Wildman–Crippen LogP) is 3.83. The molecule has 4 heteroatoms. The van der Waals surface area contributed by atoms with Crippen LogP contribution in [0.5, 0.6) is 0 Å². The Hall–Kier alpha value is -1.94. The number of hydrogen-bond donors (Lipinski definition) is 0. The average Bonchev–Trinajstić information content (AvgIpc) is 2.98. The third-order valence-electron chi connectivity index (χ3n) is 2.92. The molecule has 0 radical (unpaired) electrons. The molecule has 3 nitrogen and oxygen atoms in total. The Bertz CT molecular complexity index is 677. The summed E-state index contributed by atoms with van der Waals surface area (Å²) >= 11 is 3.48. The van der Waals surface area contributed by atoms with Gasteiger partial charge in [0.05, 0.1) is 6.20 Å². The summed E-state index contributed by atoms with van der Waals surface area (Å²) in [5.41, 5.74) is 3.36. The van der Waals surface area contributed by atoms with E-state index in [1.54, 1.807) is 6.20 Å². The number of aromatic nitrogens is 3. The molecule has 0 bridgehead atoms. The minimum absolute atomic E-state index is 0.761. The van der Waals surface area contributed by atoms with E-state index >= 15 is 0 Å². The van der Waals surface area contributed by atoms with E-state index in [4.69, 9.17) is 0 Å². The lowest BCUT2D eigenvalue weighted by Gasteiger charge is -2.04. The molecule has 0 N–H and O–H groups in total. The van der Waals surface area contributed by atoms with Crippen molar-refractivity contribution in [2.24, 2.45) is 0 Å². The third-order valence-corrected chi connectivity index (χ3v) is 3.52. The highest BCUT2D eigenvalue weighted by molar-refractivity contribution is 9.08. The molecule has 0 saturated carbocycles. The SMILES string of the molecule is BrCc1cccnc1-n1cc(-c2ccccc2)cn1. The van der Waals surface area contributed by atoms with Crippen molar-refractivity contribution in [2.75, 3.05) is 0 Å². The van der Waals surface area contributed by atoms with E-state index in [1.165, 1.54) is 0 Å². The fourth-order valence-corrected chi connectivity index (χ4v) is 2.40. The zero-order valence-corrected chi connectivity index (χ0v) is 11.8. The number of hydrogen-bond acceptors (Lipinski definition) is 2. The smallest absolute Gasteiger partial charge is 0.157 e. The first-order chi connectivity index (χ1) is 9.38. The molecule has 3 rings (SSSR count). The van der Waals surface area contributed by atoms with Gasteiger partial charge in [-0.25, -0.2) is 9.67 Å². The van der Waals surface area contributed by atoms with Gasteiger partial charge in [-0.1, -0.05) is 52.3 Å². The Morgan fingerprint density at radius 1 is 1.00 bits per heavy atom. The van der Waals surface area contributed by atoms with Gasteiger partial charge in [0.25, 0.3) is 0 Å².